The maximum atomic E-state index is 12.3. The quantitative estimate of drug-likeness (QED) is 0.187. The van der Waals surface area contributed by atoms with Gasteiger partial charge in [0.2, 0.25) is 11.9 Å². The first-order chi connectivity index (χ1) is 12.9. The van der Waals surface area contributed by atoms with Gasteiger partial charge >= 0.3 is 0 Å². The highest BCUT2D eigenvalue weighted by Gasteiger charge is 2.75. The van der Waals surface area contributed by atoms with Crippen molar-refractivity contribution in [3.63, 3.8) is 0 Å². The number of imidazole rings is 1. The second-order valence-electron chi connectivity index (χ2n) is 6.69. The lowest BCUT2D eigenvalue weighted by molar-refractivity contribution is -0.132. The van der Waals surface area contributed by atoms with E-state index in [4.69, 9.17) is 5.53 Å². The molecule has 2 saturated carbocycles. The maximum Gasteiger partial charge on any atom is 0.229 e. The summed E-state index contributed by atoms with van der Waals surface area (Å²) in [6.07, 6.45) is -0.378. The Morgan fingerprint density at radius 1 is 1.56 bits per heavy atom. The molecule has 2 aliphatic rings. The molecule has 2 heterocycles. The van der Waals surface area contributed by atoms with Gasteiger partial charge in [-0.15, -0.1) is 0 Å². The molecule has 0 saturated heterocycles. The molecule has 5 atom stereocenters. The van der Waals surface area contributed by atoms with Crippen LogP contribution in [0.5, 0.6) is 0 Å². The Labute approximate surface area is 166 Å². The third-order valence-electron chi connectivity index (χ3n) is 5.46. The fourth-order valence-electron chi connectivity index (χ4n) is 4.19. The van der Waals surface area contributed by atoms with Crippen molar-refractivity contribution in [2.45, 2.75) is 24.7 Å². The van der Waals surface area contributed by atoms with Crippen molar-refractivity contribution in [3.05, 3.63) is 16.8 Å². The zero-order valence-corrected chi connectivity index (χ0v) is 16.5. The number of anilines is 1. The number of hydrogen-bond donors (Lipinski definition) is 3. The van der Waals surface area contributed by atoms with Crippen LogP contribution < -0.4 is 8.43 Å². The number of carbonyl (C=O) groups excluding carboxylic acids is 1. The van der Waals surface area contributed by atoms with Crippen molar-refractivity contribution in [2.24, 2.45) is 16.4 Å². The highest BCUT2D eigenvalue weighted by atomic mass is 127. The van der Waals surface area contributed by atoms with Gasteiger partial charge in [-0.05, 0) is 17.1 Å². The van der Waals surface area contributed by atoms with Crippen LogP contribution in [-0.2, 0) is 4.79 Å². The highest BCUT2D eigenvalue weighted by Crippen LogP contribution is 2.67. The number of nitrogens with one attached hydrogen (secondary N) is 1. The fourth-order valence-corrected chi connectivity index (χ4v) is 4.53. The molecule has 2 aliphatic carbocycles. The molecule has 2 aromatic rings. The molecular weight excluding hydrogens is 469 g/mol. The smallest absolute Gasteiger partial charge is 0.229 e. The number of aliphatic hydroxyl groups excluding tert-OH is 2. The summed E-state index contributed by atoms with van der Waals surface area (Å²) in [7, 11) is 3.26. The van der Waals surface area contributed by atoms with E-state index in [1.807, 2.05) is 22.9 Å². The van der Waals surface area contributed by atoms with Gasteiger partial charge in [0.05, 0.1) is 46.8 Å². The molecule has 0 spiro atoms. The SMILES string of the molecule is CNC(=O)C12CC1[C@@H](n1cnc3c(N(C)I)nc(N=[N+]=[N-])nc31)[C@H](O)[C@@H]2O. The average molecular weight is 485 g/mol. The molecule has 0 bridgehead atoms. The van der Waals surface area contributed by atoms with Crippen LogP contribution in [0.25, 0.3) is 21.6 Å². The minimum absolute atomic E-state index is 0.0772. The van der Waals surface area contributed by atoms with Gasteiger partial charge in [0.25, 0.3) is 0 Å². The summed E-state index contributed by atoms with van der Waals surface area (Å²) in [5.74, 6) is -0.170. The summed E-state index contributed by atoms with van der Waals surface area (Å²) in [5, 5.41) is 27.2. The van der Waals surface area contributed by atoms with E-state index < -0.39 is 23.7 Å². The molecule has 4 rings (SSSR count). The number of halogens is 1. The molecule has 2 fully saturated rings. The molecule has 27 heavy (non-hydrogen) atoms. The Morgan fingerprint density at radius 2 is 2.30 bits per heavy atom. The van der Waals surface area contributed by atoms with Crippen molar-refractivity contribution >= 4 is 51.7 Å². The van der Waals surface area contributed by atoms with Crippen LogP contribution in [0.3, 0.4) is 0 Å². The van der Waals surface area contributed by atoms with E-state index in [1.165, 1.54) is 13.4 Å². The van der Waals surface area contributed by atoms with E-state index in [0.29, 0.717) is 23.4 Å². The largest absolute Gasteiger partial charge is 0.389 e. The molecule has 2 aromatic heterocycles. The predicted molar refractivity (Wildman–Crippen MR) is 102 cm³/mol. The number of fused-ring (bicyclic) bond motifs is 2. The minimum atomic E-state index is -1.19. The van der Waals surface area contributed by atoms with Gasteiger partial charge in [0.1, 0.15) is 6.10 Å². The van der Waals surface area contributed by atoms with Gasteiger partial charge in [-0.3, -0.25) is 4.79 Å². The summed E-state index contributed by atoms with van der Waals surface area (Å²) in [5.41, 5.74) is 8.55. The Kier molecular flexibility index (Phi) is 4.14. The number of azide groups is 1. The van der Waals surface area contributed by atoms with E-state index in [1.54, 1.807) is 14.7 Å². The molecule has 0 aliphatic heterocycles. The molecule has 12 nitrogen and oxygen atoms in total. The van der Waals surface area contributed by atoms with E-state index in [2.05, 4.69) is 30.3 Å². The van der Waals surface area contributed by atoms with E-state index in [-0.39, 0.29) is 17.8 Å². The Hall–Kier alpha value is -2.22. The molecule has 1 amide bonds. The van der Waals surface area contributed by atoms with Gasteiger partial charge < -0.3 is 23.2 Å². The van der Waals surface area contributed by atoms with Crippen molar-refractivity contribution in [3.8, 4) is 0 Å². The van der Waals surface area contributed by atoms with Crippen molar-refractivity contribution in [1.82, 2.24) is 24.8 Å². The Morgan fingerprint density at radius 3 is 2.93 bits per heavy atom. The van der Waals surface area contributed by atoms with E-state index in [9.17, 15) is 15.0 Å². The summed E-state index contributed by atoms with van der Waals surface area (Å²) < 4.78 is 3.31. The van der Waals surface area contributed by atoms with Gasteiger partial charge in [0.15, 0.2) is 17.0 Å². The normalized spacial score (nSPS) is 31.3. The topological polar surface area (TPSA) is 165 Å². The van der Waals surface area contributed by atoms with Gasteiger partial charge in [-0.25, -0.2) is 15.0 Å². The Balaban J connectivity index is 1.86. The lowest BCUT2D eigenvalue weighted by Gasteiger charge is -2.23. The predicted octanol–water partition coefficient (Wildman–Crippen LogP) is 0.583. The van der Waals surface area contributed by atoms with Crippen LogP contribution in [-0.4, -0.2) is 61.9 Å². The number of rotatable bonds is 4. The zero-order valence-electron chi connectivity index (χ0n) is 14.4. The van der Waals surface area contributed by atoms with Crippen LogP contribution in [0.2, 0.25) is 0 Å². The van der Waals surface area contributed by atoms with Crippen LogP contribution in [0, 0.1) is 11.3 Å². The lowest BCUT2D eigenvalue weighted by atomic mass is 9.98. The van der Waals surface area contributed by atoms with Crippen LogP contribution >= 0.6 is 22.9 Å². The number of nitrogens with zero attached hydrogens (tertiary/aromatic N) is 8. The summed E-state index contributed by atoms with van der Waals surface area (Å²) >= 11 is 2.01. The number of amides is 1. The van der Waals surface area contributed by atoms with Crippen molar-refractivity contribution in [1.29, 1.82) is 0 Å². The molecule has 2 unspecified atom stereocenters. The molecule has 3 N–H and O–H groups in total. The first kappa shape index (κ1) is 18.2. The summed E-state index contributed by atoms with van der Waals surface area (Å²) in [6.45, 7) is 0. The fraction of sp³-hybridized carbons (Fsp3) is 0.571. The monoisotopic (exact) mass is 485 g/mol. The first-order valence-electron chi connectivity index (χ1n) is 8.14. The van der Waals surface area contributed by atoms with E-state index >= 15 is 0 Å². The van der Waals surface area contributed by atoms with Gasteiger partial charge in [0, 0.05) is 24.9 Å². The third-order valence-corrected chi connectivity index (χ3v) is 5.92. The van der Waals surface area contributed by atoms with Crippen LogP contribution in [0.15, 0.2) is 11.4 Å². The highest BCUT2D eigenvalue weighted by molar-refractivity contribution is 14.1. The van der Waals surface area contributed by atoms with Gasteiger partial charge in [-0.2, -0.15) is 0 Å². The molecular formula is C14H16IN9O3. The second kappa shape index (κ2) is 6.15. The first-order valence-corrected chi connectivity index (χ1v) is 9.10. The lowest BCUT2D eigenvalue weighted by Crippen LogP contribution is -2.41. The number of hydrogen-bond acceptors (Lipinski definition) is 8. The van der Waals surface area contributed by atoms with Crippen LogP contribution in [0.4, 0.5) is 11.8 Å². The number of aliphatic hydroxyl groups is 2. The molecule has 13 heteroatoms. The number of carbonyl (C=O) groups is 1. The van der Waals surface area contributed by atoms with Gasteiger partial charge in [-0.1, -0.05) is 0 Å². The van der Waals surface area contributed by atoms with Crippen molar-refractivity contribution < 1.29 is 15.0 Å². The van der Waals surface area contributed by atoms with E-state index in [0.717, 1.165) is 0 Å². The summed E-state index contributed by atoms with van der Waals surface area (Å²) in [4.78, 5) is 27.8. The molecule has 0 aromatic carbocycles. The zero-order chi connectivity index (χ0) is 19.5. The second-order valence-corrected chi connectivity index (χ2v) is 8.14. The average Bonchev–Trinajstić information content (AvgIpc) is 3.18. The van der Waals surface area contributed by atoms with Crippen LogP contribution in [0.1, 0.15) is 12.5 Å². The Bertz CT molecular complexity index is 988. The third kappa shape index (κ3) is 2.38. The van der Waals surface area contributed by atoms with Crippen molar-refractivity contribution in [2.75, 3.05) is 17.2 Å². The standard InChI is InChI=1S/C14H16IN9O3/c1-17-12(27)14-3-5(14)7(8(25)9(14)26)24-4-18-6-10(23(2)15)19-13(21-22-16)20-11(6)24/h4-5,7-9,25-26H,3H2,1-2H3,(H,17,27)/t5?,7-,8+,9+,14?/m1/s1. The molecule has 142 valence electrons. The molecule has 0 radical (unpaired) electrons. The summed E-state index contributed by atoms with van der Waals surface area (Å²) in [6, 6.07) is -0.580. The maximum absolute atomic E-state index is 12.3. The number of aromatic nitrogens is 4. The minimum Gasteiger partial charge on any atom is -0.389 e.